The van der Waals surface area contributed by atoms with E-state index in [-0.39, 0.29) is 5.82 Å². The molecule has 1 heterocycles. The lowest BCUT2D eigenvalue weighted by Gasteiger charge is -2.22. The van der Waals surface area contributed by atoms with Gasteiger partial charge in [-0.1, -0.05) is 40.5 Å². The van der Waals surface area contributed by atoms with Crippen molar-refractivity contribution in [3.8, 4) is 0 Å². The Hall–Kier alpha value is -1.65. The van der Waals surface area contributed by atoms with Gasteiger partial charge in [0.05, 0.1) is 5.69 Å². The largest absolute Gasteiger partial charge is 0.369 e. The maximum absolute atomic E-state index is 10.5. The van der Waals surface area contributed by atoms with Gasteiger partial charge in [0, 0.05) is 19.2 Å². The first-order valence-corrected chi connectivity index (χ1v) is 7.45. The molecule has 1 rings (SSSR count). The van der Waals surface area contributed by atoms with Gasteiger partial charge < -0.3 is 15.0 Å². The molecule has 0 amide bonds. The molecule has 0 atom stereocenters. The van der Waals surface area contributed by atoms with Crippen molar-refractivity contribution in [1.82, 2.24) is 4.98 Å². The predicted molar refractivity (Wildman–Crippen MR) is 84.3 cm³/mol. The molecule has 0 radical (unpaired) electrons. The van der Waals surface area contributed by atoms with Crippen LogP contribution in [0, 0.1) is 10.1 Å². The number of nitro groups is 1. The number of hydrogen-bond donors (Lipinski definition) is 0. The third-order valence-electron chi connectivity index (χ3n) is 2.56. The van der Waals surface area contributed by atoms with Crippen LogP contribution in [0.2, 0.25) is 0 Å². The molecule has 0 N–H and O–H groups in total. The van der Waals surface area contributed by atoms with Crippen LogP contribution in [0.4, 0.5) is 11.5 Å². The maximum atomic E-state index is 10.5. The zero-order valence-electron chi connectivity index (χ0n) is 13.1. The van der Waals surface area contributed by atoms with Gasteiger partial charge in [0.15, 0.2) is 6.20 Å². The molecular weight excluding hydrogens is 254 g/mol. The van der Waals surface area contributed by atoms with Crippen LogP contribution in [-0.2, 0) is 0 Å². The molecule has 0 aliphatic heterocycles. The second-order valence-electron chi connectivity index (χ2n) is 4.68. The molecule has 0 aliphatic carbocycles. The van der Waals surface area contributed by atoms with E-state index in [1.165, 1.54) is 12.5 Å². The number of hydrogen-bond acceptors (Lipinski definition) is 4. The van der Waals surface area contributed by atoms with Crippen molar-refractivity contribution in [1.29, 1.82) is 0 Å². The standard InChI is InChI=1S/C12H19N3O2.C3H8/c1-3-5-9-14(8-4-2)11-6-7-12(13-10-11)15(16)17;1-3-2/h6-7,10H,3-5,8-9H2,1-2H3;3H2,1-2H3. The first-order valence-electron chi connectivity index (χ1n) is 7.45. The fourth-order valence-corrected chi connectivity index (χ4v) is 1.66. The van der Waals surface area contributed by atoms with Crippen LogP contribution in [0.25, 0.3) is 0 Å². The zero-order chi connectivity index (χ0) is 15.4. The summed E-state index contributed by atoms with van der Waals surface area (Å²) in [7, 11) is 0. The van der Waals surface area contributed by atoms with Crippen molar-refractivity contribution in [2.24, 2.45) is 0 Å². The number of unbranched alkanes of at least 4 members (excludes halogenated alkanes) is 1. The van der Waals surface area contributed by atoms with Crippen LogP contribution in [0.3, 0.4) is 0 Å². The smallest absolute Gasteiger partial charge is 0.363 e. The lowest BCUT2D eigenvalue weighted by Crippen LogP contribution is -2.25. The monoisotopic (exact) mass is 281 g/mol. The molecule has 0 unspecified atom stereocenters. The van der Waals surface area contributed by atoms with E-state index in [4.69, 9.17) is 0 Å². The van der Waals surface area contributed by atoms with Crippen molar-refractivity contribution in [2.45, 2.75) is 53.4 Å². The summed E-state index contributed by atoms with van der Waals surface area (Å²) in [6.07, 6.45) is 6.15. The SMILES string of the molecule is CCC.CCCCN(CCC)c1ccc([N+](=O)[O-])nc1. The van der Waals surface area contributed by atoms with Gasteiger partial charge in [-0.25, -0.2) is 0 Å². The normalized spacial score (nSPS) is 9.60. The van der Waals surface area contributed by atoms with E-state index in [0.29, 0.717) is 0 Å². The number of anilines is 1. The Morgan fingerprint density at radius 3 is 2.20 bits per heavy atom. The summed E-state index contributed by atoms with van der Waals surface area (Å²) < 4.78 is 0. The van der Waals surface area contributed by atoms with Crippen LogP contribution in [0.15, 0.2) is 18.3 Å². The van der Waals surface area contributed by atoms with Crippen LogP contribution < -0.4 is 4.90 Å². The zero-order valence-corrected chi connectivity index (χ0v) is 13.1. The minimum absolute atomic E-state index is 0.0966. The molecule has 0 spiro atoms. The first-order chi connectivity index (χ1) is 9.60. The lowest BCUT2D eigenvalue weighted by atomic mass is 10.2. The maximum Gasteiger partial charge on any atom is 0.363 e. The van der Waals surface area contributed by atoms with Crippen molar-refractivity contribution in [3.05, 3.63) is 28.4 Å². The molecule has 1 aromatic heterocycles. The molecule has 0 aliphatic rings. The van der Waals surface area contributed by atoms with Gasteiger partial charge in [0.25, 0.3) is 0 Å². The quantitative estimate of drug-likeness (QED) is 0.548. The summed E-state index contributed by atoms with van der Waals surface area (Å²) in [6, 6.07) is 3.24. The van der Waals surface area contributed by atoms with Crippen molar-refractivity contribution in [2.75, 3.05) is 18.0 Å². The number of rotatable bonds is 7. The third-order valence-corrected chi connectivity index (χ3v) is 2.56. The van der Waals surface area contributed by atoms with Gasteiger partial charge in [0.1, 0.15) is 0 Å². The molecule has 0 aromatic carbocycles. The lowest BCUT2D eigenvalue weighted by molar-refractivity contribution is -0.389. The molecule has 0 bridgehead atoms. The molecule has 114 valence electrons. The predicted octanol–water partition coefficient (Wildman–Crippen LogP) is 4.42. The summed E-state index contributed by atoms with van der Waals surface area (Å²) in [4.78, 5) is 16.1. The minimum atomic E-state index is -0.472. The Labute approximate surface area is 122 Å². The van der Waals surface area contributed by atoms with Gasteiger partial charge in [-0.05, 0) is 28.8 Å². The molecule has 20 heavy (non-hydrogen) atoms. The fraction of sp³-hybridized carbons (Fsp3) is 0.667. The highest BCUT2D eigenvalue weighted by atomic mass is 16.6. The Morgan fingerprint density at radius 1 is 1.15 bits per heavy atom. The summed E-state index contributed by atoms with van der Waals surface area (Å²) in [5.74, 6) is -0.0966. The first kappa shape index (κ1) is 18.4. The van der Waals surface area contributed by atoms with E-state index >= 15 is 0 Å². The fourth-order valence-electron chi connectivity index (χ4n) is 1.66. The second kappa shape index (κ2) is 11.2. The molecule has 0 saturated carbocycles. The van der Waals surface area contributed by atoms with Crippen LogP contribution in [0.5, 0.6) is 0 Å². The van der Waals surface area contributed by atoms with E-state index in [0.717, 1.165) is 38.0 Å². The molecule has 1 aromatic rings. The molecule has 5 heteroatoms. The Morgan fingerprint density at radius 2 is 1.80 bits per heavy atom. The van der Waals surface area contributed by atoms with Crippen molar-refractivity contribution in [3.63, 3.8) is 0 Å². The second-order valence-corrected chi connectivity index (χ2v) is 4.68. The van der Waals surface area contributed by atoms with Gasteiger partial charge in [-0.3, -0.25) is 0 Å². The van der Waals surface area contributed by atoms with E-state index in [2.05, 4.69) is 37.6 Å². The number of aromatic nitrogens is 1. The van der Waals surface area contributed by atoms with E-state index in [9.17, 15) is 10.1 Å². The number of nitrogens with zero attached hydrogens (tertiary/aromatic N) is 3. The van der Waals surface area contributed by atoms with E-state index in [1.807, 2.05) is 0 Å². The third kappa shape index (κ3) is 7.07. The summed E-state index contributed by atoms with van der Waals surface area (Å²) >= 11 is 0. The highest BCUT2D eigenvalue weighted by molar-refractivity contribution is 5.46. The van der Waals surface area contributed by atoms with Gasteiger partial charge in [0.2, 0.25) is 0 Å². The topological polar surface area (TPSA) is 59.3 Å². The van der Waals surface area contributed by atoms with Gasteiger partial charge >= 0.3 is 5.82 Å². The summed E-state index contributed by atoms with van der Waals surface area (Å²) in [6.45, 7) is 10.5. The van der Waals surface area contributed by atoms with Crippen molar-refractivity contribution < 1.29 is 4.92 Å². The van der Waals surface area contributed by atoms with Crippen LogP contribution in [0.1, 0.15) is 53.4 Å². The Bertz CT molecular complexity index is 366. The highest BCUT2D eigenvalue weighted by Gasteiger charge is 2.10. The number of pyridine rings is 1. The minimum Gasteiger partial charge on any atom is -0.369 e. The Kier molecular flexibility index (Phi) is 10.3. The summed E-state index contributed by atoms with van der Waals surface area (Å²) in [5.41, 5.74) is 0.964. The Balaban J connectivity index is 0.00000110. The highest BCUT2D eigenvalue weighted by Crippen LogP contribution is 2.17. The van der Waals surface area contributed by atoms with Gasteiger partial charge in [-0.2, -0.15) is 0 Å². The van der Waals surface area contributed by atoms with Crippen LogP contribution in [-0.4, -0.2) is 23.0 Å². The van der Waals surface area contributed by atoms with E-state index in [1.54, 1.807) is 12.3 Å². The van der Waals surface area contributed by atoms with Gasteiger partial charge in [-0.15, -0.1) is 0 Å². The van der Waals surface area contributed by atoms with E-state index < -0.39 is 4.92 Å². The average Bonchev–Trinajstić information content (AvgIpc) is 2.44. The van der Waals surface area contributed by atoms with Crippen LogP contribution >= 0.6 is 0 Å². The molecule has 0 saturated heterocycles. The average molecular weight is 281 g/mol. The summed E-state index contributed by atoms with van der Waals surface area (Å²) in [5, 5.41) is 10.5. The molecular formula is C15H27N3O2. The van der Waals surface area contributed by atoms with Crippen molar-refractivity contribution >= 4 is 11.5 Å². The molecule has 0 fully saturated rings. The molecule has 5 nitrogen and oxygen atoms in total.